The van der Waals surface area contributed by atoms with E-state index in [9.17, 15) is 35.6 Å². The van der Waals surface area contributed by atoms with Crippen LogP contribution in [0.25, 0.3) is 16.7 Å². The number of alkyl halides is 4. The second-order valence-corrected chi connectivity index (χ2v) is 11.4. The molecule has 7 nitrogen and oxygen atoms in total. The summed E-state index contributed by atoms with van der Waals surface area (Å²) in [5.74, 6) is -4.10. The van der Waals surface area contributed by atoms with Crippen molar-refractivity contribution in [3.63, 3.8) is 0 Å². The van der Waals surface area contributed by atoms with E-state index in [1.807, 2.05) is 0 Å². The Morgan fingerprint density at radius 3 is 2.43 bits per heavy atom. The number of hydrogen-bond donors (Lipinski definition) is 0. The van der Waals surface area contributed by atoms with Gasteiger partial charge in [-0.3, -0.25) is 13.9 Å². The molecule has 0 saturated carbocycles. The minimum Gasteiger partial charge on any atom is -0.435 e. The number of fused-ring (bicyclic) bond motifs is 1. The molecular weight excluding hydrogens is 492 g/mol. The predicted molar refractivity (Wildman–Crippen MR) is 120 cm³/mol. The number of aromatic nitrogens is 2. The third kappa shape index (κ3) is 5.26. The molecule has 1 aliphatic rings. The largest absolute Gasteiger partial charge is 0.435 e. The minimum atomic E-state index is -3.27. The minimum absolute atomic E-state index is 0.0499. The molecule has 0 amide bonds. The van der Waals surface area contributed by atoms with Crippen molar-refractivity contribution in [2.75, 3.05) is 11.5 Å². The number of hydrogen-bond acceptors (Lipinski definition) is 5. The highest BCUT2D eigenvalue weighted by atomic mass is 32.2. The highest BCUT2D eigenvalue weighted by molar-refractivity contribution is 7.92. The molecule has 2 heterocycles. The highest BCUT2D eigenvalue weighted by Gasteiger charge is 2.45. The van der Waals surface area contributed by atoms with E-state index in [0.717, 1.165) is 9.13 Å². The molecule has 4 rings (SSSR count). The fourth-order valence-electron chi connectivity index (χ4n) is 4.52. The van der Waals surface area contributed by atoms with Gasteiger partial charge in [-0.25, -0.2) is 22.0 Å². The van der Waals surface area contributed by atoms with Crippen LogP contribution < -0.4 is 10.4 Å². The van der Waals surface area contributed by atoms with Gasteiger partial charge in [-0.05, 0) is 30.3 Å². The van der Waals surface area contributed by atoms with Gasteiger partial charge in [0, 0.05) is 30.4 Å². The molecular formula is C23H22F4N2O5S. The van der Waals surface area contributed by atoms with Gasteiger partial charge in [-0.2, -0.15) is 8.78 Å². The van der Waals surface area contributed by atoms with Crippen LogP contribution >= 0.6 is 0 Å². The fourth-order valence-corrected chi connectivity index (χ4v) is 6.76. The summed E-state index contributed by atoms with van der Waals surface area (Å²) in [6.07, 6.45) is -0.0559. The van der Waals surface area contributed by atoms with Crippen LogP contribution in [0.5, 0.6) is 5.75 Å². The van der Waals surface area contributed by atoms with Gasteiger partial charge in [0.25, 0.3) is 5.92 Å². The molecule has 1 aromatic heterocycles. The Morgan fingerprint density at radius 2 is 1.83 bits per heavy atom. The first kappa shape index (κ1) is 25.0. The molecule has 3 aromatic rings. The number of halogens is 4. The number of benzene rings is 2. The van der Waals surface area contributed by atoms with Gasteiger partial charge in [0.05, 0.1) is 34.8 Å². The number of ether oxygens (including phenoxy) is 1. The number of ketones is 1. The van der Waals surface area contributed by atoms with Crippen molar-refractivity contribution in [2.24, 2.45) is 5.41 Å². The van der Waals surface area contributed by atoms with Crippen LogP contribution in [0.3, 0.4) is 0 Å². The van der Waals surface area contributed by atoms with Crippen LogP contribution in [0, 0.1) is 5.41 Å². The van der Waals surface area contributed by atoms with E-state index in [2.05, 4.69) is 4.74 Å². The van der Waals surface area contributed by atoms with E-state index >= 15 is 0 Å². The van der Waals surface area contributed by atoms with Gasteiger partial charge < -0.3 is 4.74 Å². The normalized spacial score (nSPS) is 16.9. The van der Waals surface area contributed by atoms with Crippen LogP contribution in [0.2, 0.25) is 0 Å². The summed E-state index contributed by atoms with van der Waals surface area (Å²) in [6.45, 7) is -1.74. The molecule has 0 atom stereocenters. The number of sulfone groups is 1. The average Bonchev–Trinajstić information content (AvgIpc) is 2.95. The zero-order valence-corrected chi connectivity index (χ0v) is 19.6. The summed E-state index contributed by atoms with van der Waals surface area (Å²) in [5, 5.41) is 0. The van der Waals surface area contributed by atoms with E-state index < -0.39 is 40.0 Å². The predicted octanol–water partition coefficient (Wildman–Crippen LogP) is 4.06. The summed E-state index contributed by atoms with van der Waals surface area (Å²) >= 11 is 0. The van der Waals surface area contributed by atoms with Crippen LogP contribution in [-0.2, 0) is 16.4 Å². The molecule has 2 aromatic carbocycles. The summed E-state index contributed by atoms with van der Waals surface area (Å²) in [6, 6.07) is 9.40. The lowest BCUT2D eigenvalue weighted by Gasteiger charge is -2.37. The number of carbonyl (C=O) groups excluding carboxylic acids is 1. The van der Waals surface area contributed by atoms with Crippen molar-refractivity contribution < 1.29 is 35.5 Å². The summed E-state index contributed by atoms with van der Waals surface area (Å²) < 4.78 is 82.6. The molecule has 0 spiro atoms. The van der Waals surface area contributed by atoms with Crippen LogP contribution in [0.1, 0.15) is 30.6 Å². The molecule has 1 aliphatic heterocycles. The Bertz CT molecular complexity index is 1460. The molecule has 1 saturated heterocycles. The van der Waals surface area contributed by atoms with Gasteiger partial charge >= 0.3 is 12.3 Å². The SMILES string of the molecule is CC(F)(F)Cn1c(=O)n(-c2cccc(OC(F)F)c2)c2ccc(C(=O)CC3(C)CS(=O)(=O)C3)cc21. The molecule has 0 N–H and O–H groups in total. The maximum atomic E-state index is 13.9. The van der Waals surface area contributed by atoms with Gasteiger partial charge in [0.15, 0.2) is 15.6 Å². The summed E-state index contributed by atoms with van der Waals surface area (Å²) in [7, 11) is -3.16. The van der Waals surface area contributed by atoms with E-state index in [4.69, 9.17) is 0 Å². The molecule has 0 unspecified atom stereocenters. The Morgan fingerprint density at radius 1 is 1.14 bits per heavy atom. The lowest BCUT2D eigenvalue weighted by Crippen LogP contribution is -2.47. The van der Waals surface area contributed by atoms with Crippen molar-refractivity contribution in [1.29, 1.82) is 0 Å². The second kappa shape index (κ2) is 8.51. The molecule has 0 radical (unpaired) electrons. The number of nitrogens with zero attached hydrogens (tertiary/aromatic N) is 2. The van der Waals surface area contributed by atoms with Crippen molar-refractivity contribution in [3.05, 3.63) is 58.5 Å². The maximum absolute atomic E-state index is 13.9. The third-order valence-electron chi connectivity index (χ3n) is 5.71. The van der Waals surface area contributed by atoms with Crippen LogP contribution in [-0.4, -0.2) is 47.4 Å². The lowest BCUT2D eigenvalue weighted by molar-refractivity contribution is -0.0498. The Balaban J connectivity index is 1.80. The molecule has 0 bridgehead atoms. The van der Waals surface area contributed by atoms with Gasteiger partial charge in [0.2, 0.25) is 0 Å². The van der Waals surface area contributed by atoms with E-state index in [1.165, 1.54) is 42.5 Å². The molecule has 0 aliphatic carbocycles. The first-order valence-corrected chi connectivity index (χ1v) is 12.4. The van der Waals surface area contributed by atoms with E-state index in [1.54, 1.807) is 6.92 Å². The van der Waals surface area contributed by atoms with E-state index in [-0.39, 0.29) is 51.7 Å². The van der Waals surface area contributed by atoms with E-state index in [0.29, 0.717) is 6.92 Å². The Hall–Kier alpha value is -3.15. The quantitative estimate of drug-likeness (QED) is 0.334. The molecule has 188 valence electrons. The smallest absolute Gasteiger partial charge is 0.387 e. The first-order chi connectivity index (χ1) is 16.2. The monoisotopic (exact) mass is 514 g/mol. The summed E-state index contributed by atoms with van der Waals surface area (Å²) in [5.41, 5.74) is -1.07. The Labute approximate surface area is 197 Å². The summed E-state index contributed by atoms with van der Waals surface area (Å²) in [4.78, 5) is 26.1. The topological polar surface area (TPSA) is 87.4 Å². The maximum Gasteiger partial charge on any atom is 0.387 e. The number of Topliss-reactive ketones (excluding diaryl/α,β-unsaturated/α-hetero) is 1. The van der Waals surface area contributed by atoms with Crippen molar-refractivity contribution in [2.45, 2.75) is 39.3 Å². The third-order valence-corrected chi connectivity index (χ3v) is 7.99. The second-order valence-electron chi connectivity index (χ2n) is 9.30. The highest BCUT2D eigenvalue weighted by Crippen LogP contribution is 2.37. The van der Waals surface area contributed by atoms with Gasteiger partial charge in [0.1, 0.15) is 5.75 Å². The molecule has 12 heteroatoms. The Kier molecular flexibility index (Phi) is 6.06. The van der Waals surface area contributed by atoms with Gasteiger partial charge in [-0.15, -0.1) is 0 Å². The van der Waals surface area contributed by atoms with Crippen LogP contribution in [0.4, 0.5) is 17.6 Å². The molecule has 35 heavy (non-hydrogen) atoms. The zero-order valence-electron chi connectivity index (χ0n) is 18.8. The van der Waals surface area contributed by atoms with Crippen molar-refractivity contribution >= 4 is 26.7 Å². The lowest BCUT2D eigenvalue weighted by atomic mass is 9.86. The van der Waals surface area contributed by atoms with Crippen molar-refractivity contribution in [1.82, 2.24) is 9.13 Å². The number of imidazole rings is 1. The first-order valence-electron chi connectivity index (χ1n) is 10.6. The number of rotatable bonds is 8. The molecule has 1 fully saturated rings. The van der Waals surface area contributed by atoms with Crippen molar-refractivity contribution in [3.8, 4) is 11.4 Å². The zero-order chi connectivity index (χ0) is 25.8. The fraction of sp³-hybridized carbons (Fsp3) is 0.391. The standard InChI is InChI=1S/C23H22F4N2O5S/c1-22(12-35(32,33)13-22)10-19(30)14-6-7-17-18(8-14)28(11-23(2,26)27)21(31)29(17)15-4-3-5-16(9-15)34-20(24)25/h3-9,20H,10-13H2,1-2H3. The van der Waals surface area contributed by atoms with Gasteiger partial charge in [-0.1, -0.05) is 13.0 Å². The average molecular weight is 514 g/mol. The van der Waals surface area contributed by atoms with Crippen LogP contribution in [0.15, 0.2) is 47.3 Å². The number of carbonyl (C=O) groups is 1.